The Hall–Kier alpha value is -2.25. The van der Waals surface area contributed by atoms with Crippen molar-refractivity contribution in [3.63, 3.8) is 0 Å². The Morgan fingerprint density at radius 1 is 1.46 bits per heavy atom. The summed E-state index contributed by atoms with van der Waals surface area (Å²) in [6.07, 6.45) is 0.357. The third kappa shape index (κ3) is 4.18. The van der Waals surface area contributed by atoms with E-state index in [1.807, 2.05) is 0 Å². The van der Waals surface area contributed by atoms with E-state index in [-0.39, 0.29) is 30.6 Å². The number of hydrogen-bond donors (Lipinski definition) is 2. The SMILES string of the molecule is COCC(C)(CCO)NC(=O)c1cc(C)n(-c2cccc(F)c2)n1. The van der Waals surface area contributed by atoms with Crippen LogP contribution in [0.5, 0.6) is 0 Å². The molecule has 0 aliphatic carbocycles. The highest BCUT2D eigenvalue weighted by Crippen LogP contribution is 2.15. The molecule has 1 aromatic carbocycles. The van der Waals surface area contributed by atoms with Crippen LogP contribution in [0.3, 0.4) is 0 Å². The Morgan fingerprint density at radius 2 is 2.21 bits per heavy atom. The van der Waals surface area contributed by atoms with E-state index in [4.69, 9.17) is 4.74 Å². The molecule has 7 heteroatoms. The average Bonchev–Trinajstić information content (AvgIpc) is 2.89. The van der Waals surface area contributed by atoms with Crippen molar-refractivity contribution in [2.24, 2.45) is 0 Å². The quantitative estimate of drug-likeness (QED) is 0.809. The van der Waals surface area contributed by atoms with E-state index in [0.717, 1.165) is 0 Å². The van der Waals surface area contributed by atoms with Gasteiger partial charge in [-0.2, -0.15) is 5.10 Å². The summed E-state index contributed by atoms with van der Waals surface area (Å²) < 4.78 is 20.0. The fourth-order valence-corrected chi connectivity index (χ4v) is 2.53. The number of aliphatic hydroxyl groups is 1. The largest absolute Gasteiger partial charge is 0.396 e. The lowest BCUT2D eigenvalue weighted by Gasteiger charge is -2.29. The average molecular weight is 335 g/mol. The maximum atomic E-state index is 13.4. The summed E-state index contributed by atoms with van der Waals surface area (Å²) in [5, 5.41) is 16.3. The number of nitrogens with zero attached hydrogens (tertiary/aromatic N) is 2. The van der Waals surface area contributed by atoms with Gasteiger partial charge in [-0.1, -0.05) is 6.07 Å². The maximum Gasteiger partial charge on any atom is 0.272 e. The summed E-state index contributed by atoms with van der Waals surface area (Å²) in [7, 11) is 1.53. The second kappa shape index (κ2) is 7.55. The van der Waals surface area contributed by atoms with Crippen LogP contribution in [-0.2, 0) is 4.74 Å². The molecule has 0 radical (unpaired) electrons. The number of hydrogen-bond acceptors (Lipinski definition) is 4. The second-order valence-corrected chi connectivity index (χ2v) is 5.98. The van der Waals surface area contributed by atoms with Crippen molar-refractivity contribution in [3.05, 3.63) is 47.5 Å². The minimum Gasteiger partial charge on any atom is -0.396 e. The molecule has 0 spiro atoms. The summed E-state index contributed by atoms with van der Waals surface area (Å²) in [4.78, 5) is 12.5. The van der Waals surface area contributed by atoms with Gasteiger partial charge >= 0.3 is 0 Å². The van der Waals surface area contributed by atoms with E-state index in [1.165, 1.54) is 23.9 Å². The molecule has 0 aliphatic rings. The Kier molecular flexibility index (Phi) is 5.69. The van der Waals surface area contributed by atoms with Crippen LogP contribution in [-0.4, -0.2) is 46.7 Å². The summed E-state index contributed by atoms with van der Waals surface area (Å²) in [5.41, 5.74) is 0.775. The topological polar surface area (TPSA) is 76.4 Å². The van der Waals surface area contributed by atoms with Gasteiger partial charge in [0.15, 0.2) is 5.69 Å². The number of ether oxygens (including phenoxy) is 1. The molecular formula is C17H22FN3O3. The minimum absolute atomic E-state index is 0.0725. The zero-order chi connectivity index (χ0) is 17.7. The van der Waals surface area contributed by atoms with Crippen molar-refractivity contribution in [3.8, 4) is 5.69 Å². The first-order chi connectivity index (χ1) is 11.4. The predicted octanol–water partition coefficient (Wildman–Crippen LogP) is 1.84. The van der Waals surface area contributed by atoms with Crippen LogP contribution < -0.4 is 5.32 Å². The molecule has 6 nitrogen and oxygen atoms in total. The molecular weight excluding hydrogens is 313 g/mol. The van der Waals surface area contributed by atoms with Gasteiger partial charge in [0.25, 0.3) is 5.91 Å². The van der Waals surface area contributed by atoms with Gasteiger partial charge in [0.05, 0.1) is 17.8 Å². The van der Waals surface area contributed by atoms with E-state index >= 15 is 0 Å². The first-order valence-corrected chi connectivity index (χ1v) is 7.63. The first-order valence-electron chi connectivity index (χ1n) is 7.63. The fourth-order valence-electron chi connectivity index (χ4n) is 2.53. The zero-order valence-corrected chi connectivity index (χ0v) is 14.0. The zero-order valence-electron chi connectivity index (χ0n) is 14.0. The number of methoxy groups -OCH3 is 1. The Labute approximate surface area is 140 Å². The van der Waals surface area contributed by atoms with Crippen LogP contribution in [0.25, 0.3) is 5.69 Å². The van der Waals surface area contributed by atoms with Gasteiger partial charge in [-0.3, -0.25) is 4.79 Å². The number of rotatable bonds is 7. The minimum atomic E-state index is -0.697. The summed E-state index contributed by atoms with van der Waals surface area (Å²) in [6, 6.07) is 7.63. The van der Waals surface area contributed by atoms with Gasteiger partial charge in [-0.15, -0.1) is 0 Å². The smallest absolute Gasteiger partial charge is 0.272 e. The Balaban J connectivity index is 2.24. The molecule has 1 unspecified atom stereocenters. The number of carbonyl (C=O) groups excluding carboxylic acids is 1. The van der Waals surface area contributed by atoms with Gasteiger partial charge in [0.2, 0.25) is 0 Å². The molecule has 1 amide bonds. The van der Waals surface area contributed by atoms with Gasteiger partial charge in [0.1, 0.15) is 5.82 Å². The predicted molar refractivity (Wildman–Crippen MR) is 87.7 cm³/mol. The molecule has 24 heavy (non-hydrogen) atoms. The van der Waals surface area contributed by atoms with Gasteiger partial charge in [-0.25, -0.2) is 9.07 Å². The van der Waals surface area contributed by atoms with Crippen LogP contribution in [0, 0.1) is 12.7 Å². The van der Waals surface area contributed by atoms with Crippen molar-refractivity contribution in [1.82, 2.24) is 15.1 Å². The number of amides is 1. The molecule has 1 aromatic heterocycles. The van der Waals surface area contributed by atoms with Crippen LogP contribution in [0.15, 0.2) is 30.3 Å². The number of aromatic nitrogens is 2. The molecule has 0 saturated heterocycles. The number of halogens is 1. The summed E-state index contributed by atoms with van der Waals surface area (Å²) in [6.45, 7) is 3.78. The number of benzene rings is 1. The van der Waals surface area contributed by atoms with Gasteiger partial charge in [0, 0.05) is 19.4 Å². The lowest BCUT2D eigenvalue weighted by molar-refractivity contribution is 0.0721. The van der Waals surface area contributed by atoms with Crippen LogP contribution in [0.1, 0.15) is 29.5 Å². The third-order valence-corrected chi connectivity index (χ3v) is 3.71. The third-order valence-electron chi connectivity index (χ3n) is 3.71. The van der Waals surface area contributed by atoms with Crippen LogP contribution in [0.4, 0.5) is 4.39 Å². The fraction of sp³-hybridized carbons (Fsp3) is 0.412. The highest BCUT2D eigenvalue weighted by atomic mass is 19.1. The molecule has 0 fully saturated rings. The van der Waals surface area contributed by atoms with E-state index < -0.39 is 5.54 Å². The molecule has 2 aromatic rings. The standard InChI is InChI=1S/C17H22FN3O3/c1-12-9-15(16(23)19-17(2,7-8-22)11-24-3)20-21(12)14-6-4-5-13(18)10-14/h4-6,9-10,22H,7-8,11H2,1-3H3,(H,19,23). The summed E-state index contributed by atoms with van der Waals surface area (Å²) in [5.74, 6) is -0.745. The molecule has 0 saturated carbocycles. The van der Waals surface area contributed by atoms with Crippen LogP contribution >= 0.6 is 0 Å². The molecule has 0 bridgehead atoms. The highest BCUT2D eigenvalue weighted by Gasteiger charge is 2.27. The van der Waals surface area contributed by atoms with E-state index in [2.05, 4.69) is 10.4 Å². The molecule has 2 rings (SSSR count). The monoisotopic (exact) mass is 335 g/mol. The lowest BCUT2D eigenvalue weighted by Crippen LogP contribution is -2.50. The van der Waals surface area contributed by atoms with Gasteiger partial charge in [-0.05, 0) is 44.5 Å². The Morgan fingerprint density at radius 3 is 2.83 bits per heavy atom. The normalized spacial score (nSPS) is 13.5. The second-order valence-electron chi connectivity index (χ2n) is 5.98. The summed E-state index contributed by atoms with van der Waals surface area (Å²) >= 11 is 0. The van der Waals surface area contributed by atoms with E-state index in [1.54, 1.807) is 32.0 Å². The first kappa shape index (κ1) is 18.1. The van der Waals surface area contributed by atoms with Crippen molar-refractivity contribution in [2.45, 2.75) is 25.8 Å². The van der Waals surface area contributed by atoms with Crippen molar-refractivity contribution in [1.29, 1.82) is 0 Å². The molecule has 1 heterocycles. The van der Waals surface area contributed by atoms with Crippen molar-refractivity contribution in [2.75, 3.05) is 20.3 Å². The van der Waals surface area contributed by atoms with E-state index in [9.17, 15) is 14.3 Å². The maximum absolute atomic E-state index is 13.4. The van der Waals surface area contributed by atoms with E-state index in [0.29, 0.717) is 17.8 Å². The van der Waals surface area contributed by atoms with Gasteiger partial charge < -0.3 is 15.2 Å². The molecule has 1 atom stereocenters. The highest BCUT2D eigenvalue weighted by molar-refractivity contribution is 5.93. The number of aryl methyl sites for hydroxylation is 1. The van der Waals surface area contributed by atoms with Crippen LogP contribution in [0.2, 0.25) is 0 Å². The molecule has 2 N–H and O–H groups in total. The molecule has 130 valence electrons. The Bertz CT molecular complexity index is 709. The number of aliphatic hydroxyl groups excluding tert-OH is 1. The number of carbonyl (C=O) groups is 1. The lowest BCUT2D eigenvalue weighted by atomic mass is 9.99. The van der Waals surface area contributed by atoms with Crippen molar-refractivity contribution < 1.29 is 19.0 Å². The molecule has 0 aliphatic heterocycles. The van der Waals surface area contributed by atoms with Crippen molar-refractivity contribution >= 4 is 5.91 Å². The number of nitrogens with one attached hydrogen (secondary N) is 1.